The number of nitrogens with zero attached hydrogens (tertiary/aromatic N) is 2. The second-order valence-corrected chi connectivity index (χ2v) is 4.80. The van der Waals surface area contributed by atoms with E-state index in [2.05, 4.69) is 9.97 Å². The number of methoxy groups -OCH3 is 1. The molecule has 1 atom stereocenters. The summed E-state index contributed by atoms with van der Waals surface area (Å²) in [5.41, 5.74) is -0.257. The van der Waals surface area contributed by atoms with Gasteiger partial charge in [0.1, 0.15) is 17.9 Å². The zero-order valence-corrected chi connectivity index (χ0v) is 11.5. The second-order valence-electron chi connectivity index (χ2n) is 3.88. The van der Waals surface area contributed by atoms with Crippen LogP contribution in [0.4, 0.5) is 13.2 Å². The van der Waals surface area contributed by atoms with Gasteiger partial charge in [0.25, 0.3) is 5.91 Å². The monoisotopic (exact) mass is 321 g/mol. The van der Waals surface area contributed by atoms with Gasteiger partial charge in [0.15, 0.2) is 11.7 Å². The normalized spacial score (nSPS) is 13.1. The first-order valence-corrected chi connectivity index (χ1v) is 6.50. The average Bonchev–Trinajstić information content (AvgIpc) is 3.05. The van der Waals surface area contributed by atoms with Crippen molar-refractivity contribution in [1.29, 1.82) is 0 Å². The first-order valence-electron chi connectivity index (χ1n) is 5.62. The van der Waals surface area contributed by atoms with Gasteiger partial charge in [-0.25, -0.2) is 9.97 Å². The second kappa shape index (κ2) is 6.22. The molecule has 114 valence electrons. The summed E-state index contributed by atoms with van der Waals surface area (Å²) in [4.78, 5) is 19.1. The lowest BCUT2D eigenvalue weighted by Crippen LogP contribution is -2.38. The van der Waals surface area contributed by atoms with E-state index in [0.717, 1.165) is 17.6 Å². The molecule has 0 unspecified atom stereocenters. The summed E-state index contributed by atoms with van der Waals surface area (Å²) < 4.78 is 48.6. The lowest BCUT2D eigenvalue weighted by Gasteiger charge is -2.18. The molecule has 0 radical (unpaired) electrons. The number of nitrogens with one attached hydrogen (secondary N) is 1. The molecule has 0 saturated heterocycles. The highest BCUT2D eigenvalue weighted by molar-refractivity contribution is 7.09. The molecule has 0 fully saturated rings. The van der Waals surface area contributed by atoms with Crippen molar-refractivity contribution in [3.63, 3.8) is 0 Å². The molecule has 2 rings (SSSR count). The number of halogens is 3. The number of carbonyl (C=O) groups is 1. The van der Waals surface area contributed by atoms with E-state index in [4.69, 9.17) is 9.15 Å². The van der Waals surface area contributed by atoms with E-state index in [-0.39, 0.29) is 23.2 Å². The first kappa shape index (κ1) is 15.4. The van der Waals surface area contributed by atoms with Crippen molar-refractivity contribution in [3.8, 4) is 0 Å². The summed E-state index contributed by atoms with van der Waals surface area (Å²) in [5, 5.41) is 2.99. The number of carbonyl (C=O) groups excluding carboxylic acids is 1. The Balaban J connectivity index is 2.14. The minimum atomic E-state index is -4.66. The van der Waals surface area contributed by atoms with Gasteiger partial charge in [-0.1, -0.05) is 0 Å². The predicted molar refractivity (Wildman–Crippen MR) is 65.6 cm³/mol. The van der Waals surface area contributed by atoms with Crippen molar-refractivity contribution in [3.05, 3.63) is 34.4 Å². The van der Waals surface area contributed by atoms with Crippen LogP contribution >= 0.6 is 11.3 Å². The zero-order valence-electron chi connectivity index (χ0n) is 10.7. The summed E-state index contributed by atoms with van der Waals surface area (Å²) in [6, 6.07) is -2.19. The van der Waals surface area contributed by atoms with Crippen LogP contribution < -0.4 is 5.32 Å². The maximum Gasteiger partial charge on any atom is 0.415 e. The fourth-order valence-electron chi connectivity index (χ4n) is 1.47. The summed E-state index contributed by atoms with van der Waals surface area (Å²) in [7, 11) is 1.39. The molecule has 1 amide bonds. The van der Waals surface area contributed by atoms with Gasteiger partial charge in [-0.3, -0.25) is 4.79 Å². The molecule has 2 heterocycles. The van der Waals surface area contributed by atoms with Gasteiger partial charge in [0.05, 0.1) is 0 Å². The SMILES string of the molecule is COCc1nc(C(=O)N[C@H](c2nccs2)C(F)(F)F)co1. The number of alkyl halides is 3. The van der Waals surface area contributed by atoms with Crippen molar-refractivity contribution < 1.29 is 27.1 Å². The fourth-order valence-corrected chi connectivity index (χ4v) is 2.18. The van der Waals surface area contributed by atoms with Crippen LogP contribution in [0, 0.1) is 0 Å². The third kappa shape index (κ3) is 3.79. The Labute approximate surface area is 121 Å². The molecule has 0 aliphatic heterocycles. The number of oxazole rings is 1. The van der Waals surface area contributed by atoms with Gasteiger partial charge >= 0.3 is 6.18 Å². The average molecular weight is 321 g/mol. The summed E-state index contributed by atoms with van der Waals surface area (Å²) >= 11 is 0.799. The van der Waals surface area contributed by atoms with Crippen LogP contribution in [0.1, 0.15) is 27.4 Å². The number of thiazole rings is 1. The first-order chi connectivity index (χ1) is 9.91. The van der Waals surface area contributed by atoms with E-state index in [9.17, 15) is 18.0 Å². The molecule has 0 aromatic carbocycles. The summed E-state index contributed by atoms with van der Waals surface area (Å²) in [6.45, 7) is 0.0163. The van der Waals surface area contributed by atoms with Crippen LogP contribution in [-0.4, -0.2) is 29.2 Å². The molecule has 2 aromatic rings. The van der Waals surface area contributed by atoms with Gasteiger partial charge in [0, 0.05) is 18.7 Å². The minimum Gasteiger partial charge on any atom is -0.446 e. The Morgan fingerprint density at radius 2 is 2.33 bits per heavy atom. The quantitative estimate of drug-likeness (QED) is 0.914. The summed E-state index contributed by atoms with van der Waals surface area (Å²) in [5.74, 6) is -0.904. The molecule has 10 heteroatoms. The van der Waals surface area contributed by atoms with Crippen LogP contribution in [0.25, 0.3) is 0 Å². The Kier molecular flexibility index (Phi) is 4.58. The Bertz CT molecular complexity index is 597. The Morgan fingerprint density at radius 1 is 1.57 bits per heavy atom. The molecule has 2 aromatic heterocycles. The summed E-state index contributed by atoms with van der Waals surface area (Å²) in [6.07, 6.45) is -2.46. The van der Waals surface area contributed by atoms with Crippen LogP contribution in [-0.2, 0) is 11.3 Å². The van der Waals surface area contributed by atoms with Crippen LogP contribution in [0.2, 0.25) is 0 Å². The molecular formula is C11H10F3N3O3S. The van der Waals surface area contributed by atoms with Crippen molar-refractivity contribution >= 4 is 17.2 Å². The molecule has 0 aliphatic rings. The fraction of sp³-hybridized carbons (Fsp3) is 0.364. The highest BCUT2D eigenvalue weighted by Crippen LogP contribution is 2.33. The number of hydrogen-bond donors (Lipinski definition) is 1. The van der Waals surface area contributed by atoms with E-state index < -0.39 is 18.1 Å². The van der Waals surface area contributed by atoms with E-state index >= 15 is 0 Å². The highest BCUT2D eigenvalue weighted by Gasteiger charge is 2.44. The van der Waals surface area contributed by atoms with E-state index in [1.54, 1.807) is 0 Å². The van der Waals surface area contributed by atoms with Gasteiger partial charge in [-0.2, -0.15) is 13.2 Å². The topological polar surface area (TPSA) is 77.2 Å². The molecule has 1 N–H and O–H groups in total. The van der Waals surface area contributed by atoms with Gasteiger partial charge in [0.2, 0.25) is 5.89 Å². The van der Waals surface area contributed by atoms with E-state index in [1.807, 2.05) is 5.32 Å². The largest absolute Gasteiger partial charge is 0.446 e. The van der Waals surface area contributed by atoms with E-state index in [1.165, 1.54) is 18.7 Å². The van der Waals surface area contributed by atoms with E-state index in [0.29, 0.717) is 0 Å². The van der Waals surface area contributed by atoms with Gasteiger partial charge in [-0.05, 0) is 0 Å². The van der Waals surface area contributed by atoms with Crippen LogP contribution in [0.3, 0.4) is 0 Å². The molecule has 0 aliphatic carbocycles. The van der Waals surface area contributed by atoms with Crippen molar-refractivity contribution in [1.82, 2.24) is 15.3 Å². The zero-order chi connectivity index (χ0) is 15.5. The smallest absolute Gasteiger partial charge is 0.415 e. The molecule has 21 heavy (non-hydrogen) atoms. The molecule has 6 nitrogen and oxygen atoms in total. The maximum absolute atomic E-state index is 13.0. The maximum atomic E-state index is 13.0. The molecule has 0 bridgehead atoms. The van der Waals surface area contributed by atoms with Gasteiger partial charge in [-0.15, -0.1) is 11.3 Å². The lowest BCUT2D eigenvalue weighted by atomic mass is 10.3. The Morgan fingerprint density at radius 3 is 2.90 bits per heavy atom. The molecule has 0 spiro atoms. The minimum absolute atomic E-state index is 0.0163. The number of amides is 1. The van der Waals surface area contributed by atoms with Crippen LogP contribution in [0.5, 0.6) is 0 Å². The van der Waals surface area contributed by atoms with Crippen molar-refractivity contribution in [2.24, 2.45) is 0 Å². The molecular weight excluding hydrogens is 311 g/mol. The highest BCUT2D eigenvalue weighted by atomic mass is 32.1. The number of ether oxygens (including phenoxy) is 1. The van der Waals surface area contributed by atoms with Crippen LogP contribution in [0.15, 0.2) is 22.3 Å². The molecule has 0 saturated carbocycles. The number of aromatic nitrogens is 2. The number of hydrogen-bond acceptors (Lipinski definition) is 6. The van der Waals surface area contributed by atoms with Gasteiger partial charge < -0.3 is 14.5 Å². The van der Waals surface area contributed by atoms with Crippen molar-refractivity contribution in [2.75, 3.05) is 7.11 Å². The third-order valence-electron chi connectivity index (χ3n) is 2.35. The standard InChI is InChI=1S/C11H10F3N3O3S/c1-19-5-7-16-6(4-20-7)9(18)17-8(11(12,13)14)10-15-2-3-21-10/h2-4,8H,5H2,1H3,(H,17,18)/t8-/m1/s1. The lowest BCUT2D eigenvalue weighted by molar-refractivity contribution is -0.155. The predicted octanol–water partition coefficient (Wildman–Crippen LogP) is 2.31. The van der Waals surface area contributed by atoms with Crippen molar-refractivity contribution in [2.45, 2.75) is 18.8 Å². The third-order valence-corrected chi connectivity index (χ3v) is 3.19. The Hall–Kier alpha value is -1.94. The number of rotatable bonds is 5.